The molecule has 1 atom stereocenters. The second-order valence-corrected chi connectivity index (χ2v) is 3.98. The lowest BCUT2D eigenvalue weighted by atomic mass is 9.98. The van der Waals surface area contributed by atoms with E-state index in [4.69, 9.17) is 4.74 Å². The molecular formula is C15H24O2. The minimum absolute atomic E-state index is 0.0407. The van der Waals surface area contributed by atoms with Crippen LogP contribution < -0.4 is 0 Å². The summed E-state index contributed by atoms with van der Waals surface area (Å²) >= 11 is 0. The van der Waals surface area contributed by atoms with Gasteiger partial charge in [-0.05, 0) is 40.0 Å². The minimum atomic E-state index is -0.0925. The Hall–Kier alpha value is -1.31. The topological polar surface area (TPSA) is 26.3 Å². The quantitative estimate of drug-likeness (QED) is 0.361. The summed E-state index contributed by atoms with van der Waals surface area (Å²) in [6, 6.07) is 0. The Morgan fingerprint density at radius 3 is 2.71 bits per heavy atom. The molecule has 0 fully saturated rings. The van der Waals surface area contributed by atoms with Gasteiger partial charge in [0, 0.05) is 0 Å². The van der Waals surface area contributed by atoms with Crippen LogP contribution in [-0.2, 0) is 9.53 Å². The van der Waals surface area contributed by atoms with E-state index in [1.807, 2.05) is 32.9 Å². The number of rotatable bonds is 8. The van der Waals surface area contributed by atoms with Crippen molar-refractivity contribution in [3.05, 3.63) is 36.5 Å². The fraction of sp³-hybridized carbons (Fsp3) is 0.533. The summed E-state index contributed by atoms with van der Waals surface area (Å²) in [4.78, 5) is 11.7. The van der Waals surface area contributed by atoms with Gasteiger partial charge in [-0.1, -0.05) is 36.5 Å². The van der Waals surface area contributed by atoms with Gasteiger partial charge in [-0.3, -0.25) is 4.79 Å². The molecule has 2 nitrogen and oxygen atoms in total. The molecule has 0 saturated heterocycles. The van der Waals surface area contributed by atoms with Crippen LogP contribution in [0.1, 0.15) is 40.0 Å². The molecule has 0 bridgehead atoms. The maximum absolute atomic E-state index is 11.7. The highest BCUT2D eigenvalue weighted by Crippen LogP contribution is 2.16. The molecular weight excluding hydrogens is 212 g/mol. The van der Waals surface area contributed by atoms with Gasteiger partial charge in [-0.2, -0.15) is 0 Å². The average Bonchev–Trinajstić information content (AvgIpc) is 2.33. The van der Waals surface area contributed by atoms with E-state index >= 15 is 0 Å². The number of carbonyl (C=O) groups is 1. The van der Waals surface area contributed by atoms with E-state index < -0.39 is 0 Å². The summed E-state index contributed by atoms with van der Waals surface area (Å²) in [6.07, 6.45) is 10.4. The fourth-order valence-electron chi connectivity index (χ4n) is 1.47. The van der Waals surface area contributed by atoms with Crippen LogP contribution in [-0.4, -0.2) is 12.6 Å². The van der Waals surface area contributed by atoms with Crippen LogP contribution in [0.15, 0.2) is 36.5 Å². The van der Waals surface area contributed by atoms with E-state index in [1.165, 1.54) is 0 Å². The molecule has 2 heteroatoms. The molecule has 0 N–H and O–H groups in total. The van der Waals surface area contributed by atoms with Crippen molar-refractivity contribution in [2.24, 2.45) is 5.92 Å². The highest BCUT2D eigenvalue weighted by molar-refractivity contribution is 5.72. The average molecular weight is 236 g/mol. The Bertz CT molecular complexity index is 287. The minimum Gasteiger partial charge on any atom is -0.466 e. The van der Waals surface area contributed by atoms with E-state index in [0.717, 1.165) is 24.8 Å². The maximum Gasteiger partial charge on any atom is 0.309 e. The molecule has 0 spiro atoms. The van der Waals surface area contributed by atoms with Gasteiger partial charge in [0.05, 0.1) is 12.5 Å². The number of carbonyl (C=O) groups excluding carboxylic acids is 1. The van der Waals surface area contributed by atoms with E-state index in [9.17, 15) is 4.79 Å². The summed E-state index contributed by atoms with van der Waals surface area (Å²) in [5.74, 6) is -0.133. The molecule has 0 aromatic heterocycles. The number of ether oxygens (including phenoxy) is 1. The van der Waals surface area contributed by atoms with Gasteiger partial charge < -0.3 is 4.74 Å². The van der Waals surface area contributed by atoms with Crippen LogP contribution in [0.25, 0.3) is 0 Å². The van der Waals surface area contributed by atoms with E-state index in [2.05, 4.69) is 12.7 Å². The highest BCUT2D eigenvalue weighted by atomic mass is 16.5. The second-order valence-electron chi connectivity index (χ2n) is 3.98. The van der Waals surface area contributed by atoms with Crippen LogP contribution in [0, 0.1) is 5.92 Å². The third-order valence-electron chi connectivity index (χ3n) is 2.58. The Balaban J connectivity index is 4.38. The summed E-state index contributed by atoms with van der Waals surface area (Å²) in [6.45, 7) is 9.96. The first-order chi connectivity index (χ1) is 8.15. The molecule has 0 saturated carbocycles. The zero-order valence-corrected chi connectivity index (χ0v) is 11.2. The first-order valence-corrected chi connectivity index (χ1v) is 6.22. The van der Waals surface area contributed by atoms with Crippen molar-refractivity contribution in [2.75, 3.05) is 6.61 Å². The number of allylic oxidation sites excluding steroid dienone is 5. The van der Waals surface area contributed by atoms with Crippen LogP contribution in [0.3, 0.4) is 0 Å². The third kappa shape index (κ3) is 7.56. The van der Waals surface area contributed by atoms with Gasteiger partial charge in [0.1, 0.15) is 0 Å². The third-order valence-corrected chi connectivity index (χ3v) is 2.58. The van der Waals surface area contributed by atoms with Crippen molar-refractivity contribution in [3.8, 4) is 0 Å². The number of hydrogen-bond donors (Lipinski definition) is 0. The molecule has 0 rings (SSSR count). The van der Waals surface area contributed by atoms with Crippen LogP contribution in [0.2, 0.25) is 0 Å². The highest BCUT2D eigenvalue weighted by Gasteiger charge is 2.17. The summed E-state index contributed by atoms with van der Waals surface area (Å²) in [7, 11) is 0. The van der Waals surface area contributed by atoms with Gasteiger partial charge >= 0.3 is 5.97 Å². The molecule has 0 aliphatic heterocycles. The summed E-state index contributed by atoms with van der Waals surface area (Å²) < 4.78 is 5.08. The van der Waals surface area contributed by atoms with Crippen LogP contribution in [0.5, 0.6) is 0 Å². The van der Waals surface area contributed by atoms with Gasteiger partial charge in [-0.25, -0.2) is 0 Å². The predicted molar refractivity (Wildman–Crippen MR) is 72.7 cm³/mol. The normalized spacial score (nSPS) is 13.7. The molecule has 0 aliphatic carbocycles. The fourth-order valence-corrected chi connectivity index (χ4v) is 1.47. The molecule has 0 amide bonds. The van der Waals surface area contributed by atoms with Gasteiger partial charge in [-0.15, -0.1) is 0 Å². The van der Waals surface area contributed by atoms with Gasteiger partial charge in [0.25, 0.3) is 0 Å². The monoisotopic (exact) mass is 236 g/mol. The molecule has 0 heterocycles. The smallest absolute Gasteiger partial charge is 0.309 e. The summed E-state index contributed by atoms with van der Waals surface area (Å²) in [5, 5.41) is 0. The SMILES string of the molecule is C=C/C(C)=C/CC(CC/C=C/C)C(=O)OCC. The largest absolute Gasteiger partial charge is 0.466 e. The summed E-state index contributed by atoms with van der Waals surface area (Å²) in [5.41, 5.74) is 1.10. The molecule has 0 aromatic rings. The van der Waals surface area contributed by atoms with Crippen molar-refractivity contribution in [3.63, 3.8) is 0 Å². The zero-order chi connectivity index (χ0) is 13.1. The van der Waals surface area contributed by atoms with Crippen molar-refractivity contribution in [2.45, 2.75) is 40.0 Å². The van der Waals surface area contributed by atoms with E-state index in [-0.39, 0.29) is 11.9 Å². The lowest BCUT2D eigenvalue weighted by Gasteiger charge is -2.12. The van der Waals surface area contributed by atoms with E-state index in [0.29, 0.717) is 6.61 Å². The lowest BCUT2D eigenvalue weighted by Crippen LogP contribution is -2.17. The molecule has 96 valence electrons. The van der Waals surface area contributed by atoms with Gasteiger partial charge in [0.15, 0.2) is 0 Å². The number of esters is 1. The molecule has 0 aromatic carbocycles. The molecule has 17 heavy (non-hydrogen) atoms. The van der Waals surface area contributed by atoms with Gasteiger partial charge in [0.2, 0.25) is 0 Å². The van der Waals surface area contributed by atoms with E-state index in [1.54, 1.807) is 6.08 Å². The second kappa shape index (κ2) is 9.88. The Morgan fingerprint density at radius 2 is 2.18 bits per heavy atom. The van der Waals surface area contributed by atoms with Crippen molar-refractivity contribution in [1.82, 2.24) is 0 Å². The molecule has 1 unspecified atom stereocenters. The Labute approximate surface area is 105 Å². The van der Waals surface area contributed by atoms with Crippen LogP contribution in [0.4, 0.5) is 0 Å². The first kappa shape index (κ1) is 15.7. The zero-order valence-electron chi connectivity index (χ0n) is 11.2. The lowest BCUT2D eigenvalue weighted by molar-refractivity contribution is -0.148. The van der Waals surface area contributed by atoms with Crippen molar-refractivity contribution < 1.29 is 9.53 Å². The van der Waals surface area contributed by atoms with Crippen molar-refractivity contribution >= 4 is 5.97 Å². The number of hydrogen-bond acceptors (Lipinski definition) is 2. The maximum atomic E-state index is 11.7. The molecule has 0 radical (unpaired) electrons. The standard InChI is InChI=1S/C15H24O2/c1-5-8-9-10-14(15(16)17-7-3)12-11-13(4)6-2/h5-6,8,11,14H,2,7,9-10,12H2,1,3-4H3/b8-5+,13-11+. The Kier molecular flexibility index (Phi) is 9.12. The van der Waals surface area contributed by atoms with Crippen molar-refractivity contribution in [1.29, 1.82) is 0 Å². The predicted octanol–water partition coefficient (Wildman–Crippen LogP) is 4.04. The van der Waals surface area contributed by atoms with Crippen LogP contribution >= 0.6 is 0 Å². The Morgan fingerprint density at radius 1 is 1.47 bits per heavy atom. The first-order valence-electron chi connectivity index (χ1n) is 6.22. The molecule has 0 aliphatic rings.